The normalized spacial score (nSPS) is 15.3. The molecule has 0 rings (SSSR count). The van der Waals surface area contributed by atoms with Crippen LogP contribution in [0.5, 0.6) is 0 Å². The lowest BCUT2D eigenvalue weighted by molar-refractivity contribution is -0.870. The molecule has 0 aromatic rings. The molecule has 0 aliphatic rings. The number of aliphatic hydroxyl groups is 1. The second kappa shape index (κ2) is 47.4. The zero-order valence-electron chi connectivity index (χ0n) is 42.8. The van der Waals surface area contributed by atoms with Crippen LogP contribution in [0.4, 0.5) is 0 Å². The van der Waals surface area contributed by atoms with E-state index in [1.54, 1.807) is 6.08 Å². The van der Waals surface area contributed by atoms with Gasteiger partial charge in [0.15, 0.2) is 0 Å². The lowest BCUT2D eigenvalue weighted by Gasteiger charge is -2.29. The maximum absolute atomic E-state index is 12.9. The Labute approximate surface area is 410 Å². The molecule has 67 heavy (non-hydrogen) atoms. The van der Waals surface area contributed by atoms with E-state index in [4.69, 9.17) is 9.05 Å². The van der Waals surface area contributed by atoms with Crippen molar-refractivity contribution in [2.45, 2.75) is 174 Å². The van der Waals surface area contributed by atoms with Crippen LogP contribution in [0, 0.1) is 0 Å². The van der Waals surface area contributed by atoms with Gasteiger partial charge in [0.05, 0.1) is 39.9 Å². The van der Waals surface area contributed by atoms with E-state index in [0.717, 1.165) is 103 Å². The molecule has 3 unspecified atom stereocenters. The molecule has 0 spiro atoms. The van der Waals surface area contributed by atoms with E-state index in [1.807, 2.05) is 27.2 Å². The highest BCUT2D eigenvalue weighted by Crippen LogP contribution is 2.38. The third-order valence-electron chi connectivity index (χ3n) is 10.3. The molecule has 0 aliphatic heterocycles. The zero-order valence-corrected chi connectivity index (χ0v) is 43.7. The van der Waals surface area contributed by atoms with Crippen molar-refractivity contribution in [3.8, 4) is 0 Å². The second-order valence-electron chi connectivity index (χ2n) is 17.8. The van der Waals surface area contributed by atoms with Gasteiger partial charge < -0.3 is 28.8 Å². The molecule has 3 atom stereocenters. The van der Waals surface area contributed by atoms with Gasteiger partial charge in [-0.05, 0) is 116 Å². The minimum atomic E-state index is -4.62. The zero-order chi connectivity index (χ0) is 49.2. The highest BCUT2D eigenvalue weighted by atomic mass is 31.2. The van der Waals surface area contributed by atoms with Gasteiger partial charge in [0.2, 0.25) is 5.91 Å². The highest BCUT2D eigenvalue weighted by molar-refractivity contribution is 7.45. The average molecular weight is 947 g/mol. The molecule has 0 bridgehead atoms. The molecule has 0 fully saturated rings. The average Bonchev–Trinajstić information content (AvgIpc) is 3.29. The molecule has 0 radical (unpaired) electrons. The van der Waals surface area contributed by atoms with E-state index in [-0.39, 0.29) is 18.9 Å². The summed E-state index contributed by atoms with van der Waals surface area (Å²) in [5, 5.41) is 13.8. The summed E-state index contributed by atoms with van der Waals surface area (Å²) in [5.41, 5.74) is 0. The Bertz CT molecular complexity index is 1590. The van der Waals surface area contributed by atoms with E-state index < -0.39 is 26.6 Å². The van der Waals surface area contributed by atoms with E-state index in [0.29, 0.717) is 23.9 Å². The largest absolute Gasteiger partial charge is 0.756 e. The van der Waals surface area contributed by atoms with Gasteiger partial charge in [-0.25, -0.2) is 0 Å². The first-order valence-corrected chi connectivity index (χ1v) is 27.2. The molecule has 0 aliphatic carbocycles. The standard InChI is InChI=1S/C58H95N2O6P/c1-6-8-10-12-14-16-18-20-22-23-24-25-26-27-28-29-30-31-32-33-34-35-36-37-38-40-42-44-46-48-50-52-58(62)59-56(55-66-67(63,64)65-54-53-60(3,4)5)57(61)51-49-47-45-43-41-39-21-19-17-15-13-11-9-7-2/h8,10,14,16-17,19-20,22,24-25,27-28,30-31,33-34,36-37,40-43,49,51,56-57,61H,6-7,9,11-13,15,18,21,23,26,29,32,35,38-39,44-48,50,52-55H2,1-5H3,(H-,59,62,63,64)/b10-8-,16-14-,19-17+,22-20-,25-24-,28-27-,31-30-,34-33-,37-36-,42-40-,43-41+,51-49+. The summed E-state index contributed by atoms with van der Waals surface area (Å²) >= 11 is 0. The number of carbonyl (C=O) groups is 1. The number of unbranched alkanes of at least 4 members (excludes halogenated alkanes) is 9. The van der Waals surface area contributed by atoms with Gasteiger partial charge in [0.1, 0.15) is 13.2 Å². The SMILES string of the molecule is CC/C=C\C/C=C\C/C=C\C/C=C\C/C=C\C/C=C\C/C=C\C/C=C\C/C=C\CCCCCC(=O)NC(COP(=O)([O-])OCC[N+](C)(C)C)C(O)/C=C/CC/C=C/CC/C=C/CCCCCC. The summed E-state index contributed by atoms with van der Waals surface area (Å²) in [7, 11) is 1.18. The van der Waals surface area contributed by atoms with Crippen molar-refractivity contribution in [1.29, 1.82) is 0 Å². The minimum absolute atomic E-state index is 0.0249. The van der Waals surface area contributed by atoms with Gasteiger partial charge in [-0.15, -0.1) is 0 Å². The Balaban J connectivity index is 4.41. The first-order chi connectivity index (χ1) is 32.5. The van der Waals surface area contributed by atoms with E-state index in [9.17, 15) is 19.4 Å². The van der Waals surface area contributed by atoms with Gasteiger partial charge in [0, 0.05) is 6.42 Å². The maximum Gasteiger partial charge on any atom is 0.268 e. The van der Waals surface area contributed by atoms with Crippen molar-refractivity contribution in [2.75, 3.05) is 40.9 Å². The number of carbonyl (C=O) groups excluding carboxylic acids is 1. The van der Waals surface area contributed by atoms with Crippen molar-refractivity contribution in [3.63, 3.8) is 0 Å². The molecular weight excluding hydrogens is 852 g/mol. The van der Waals surface area contributed by atoms with E-state index >= 15 is 0 Å². The van der Waals surface area contributed by atoms with Crippen molar-refractivity contribution in [2.24, 2.45) is 0 Å². The van der Waals surface area contributed by atoms with Gasteiger partial charge in [-0.1, -0.05) is 185 Å². The Kier molecular flexibility index (Phi) is 44.9. The molecule has 0 heterocycles. The summed E-state index contributed by atoms with van der Waals surface area (Å²) in [5.74, 6) is -0.252. The van der Waals surface area contributed by atoms with Crippen LogP contribution in [0.1, 0.15) is 162 Å². The molecule has 0 aromatic heterocycles. The molecule has 378 valence electrons. The molecule has 0 aromatic carbocycles. The fourth-order valence-corrected chi connectivity index (χ4v) is 6.96. The topological polar surface area (TPSA) is 108 Å². The number of phosphoric acid groups is 1. The molecule has 9 heteroatoms. The van der Waals surface area contributed by atoms with Crippen LogP contribution in [0.15, 0.2) is 146 Å². The molecule has 1 amide bonds. The maximum atomic E-state index is 12.9. The van der Waals surface area contributed by atoms with Crippen molar-refractivity contribution in [1.82, 2.24) is 5.32 Å². The number of nitrogens with zero attached hydrogens (tertiary/aromatic N) is 1. The number of phosphoric ester groups is 1. The molecule has 0 saturated heterocycles. The van der Waals surface area contributed by atoms with Crippen molar-refractivity contribution < 1.29 is 32.9 Å². The molecule has 0 saturated carbocycles. The van der Waals surface area contributed by atoms with Gasteiger partial charge in [-0.3, -0.25) is 9.36 Å². The van der Waals surface area contributed by atoms with Gasteiger partial charge >= 0.3 is 0 Å². The third kappa shape index (κ3) is 50.1. The van der Waals surface area contributed by atoms with Crippen LogP contribution >= 0.6 is 7.82 Å². The number of aliphatic hydroxyl groups excluding tert-OH is 1. The number of quaternary nitrogens is 1. The third-order valence-corrected chi connectivity index (χ3v) is 11.2. The summed E-state index contributed by atoms with van der Waals surface area (Å²) in [6, 6.07) is -0.939. The predicted molar refractivity (Wildman–Crippen MR) is 288 cm³/mol. The van der Waals surface area contributed by atoms with Crippen LogP contribution in [-0.2, 0) is 18.4 Å². The lowest BCUT2D eigenvalue weighted by atomic mass is 10.1. The highest BCUT2D eigenvalue weighted by Gasteiger charge is 2.23. The quantitative estimate of drug-likeness (QED) is 0.0273. The Morgan fingerprint density at radius 1 is 0.537 bits per heavy atom. The summed E-state index contributed by atoms with van der Waals surface area (Å²) in [4.78, 5) is 25.4. The van der Waals surface area contributed by atoms with E-state index in [1.165, 1.54) is 25.7 Å². The first-order valence-electron chi connectivity index (χ1n) is 25.7. The molecule has 8 nitrogen and oxygen atoms in total. The fraction of sp³-hybridized carbons (Fsp3) is 0.569. The molecular formula is C58H95N2O6P. The Morgan fingerprint density at radius 2 is 0.925 bits per heavy atom. The first kappa shape index (κ1) is 63.4. The monoisotopic (exact) mass is 947 g/mol. The van der Waals surface area contributed by atoms with Gasteiger partial charge in [0.25, 0.3) is 7.82 Å². The molecule has 2 N–H and O–H groups in total. The number of allylic oxidation sites excluding steroid dienone is 23. The number of amides is 1. The lowest BCUT2D eigenvalue weighted by Crippen LogP contribution is -2.45. The van der Waals surface area contributed by atoms with E-state index in [2.05, 4.69) is 153 Å². The fourth-order valence-electron chi connectivity index (χ4n) is 6.23. The summed E-state index contributed by atoms with van der Waals surface area (Å²) < 4.78 is 23.2. The van der Waals surface area contributed by atoms with Crippen LogP contribution < -0.4 is 10.2 Å². The van der Waals surface area contributed by atoms with Gasteiger partial charge in [-0.2, -0.15) is 0 Å². The number of hydrogen-bond acceptors (Lipinski definition) is 6. The van der Waals surface area contributed by atoms with Crippen LogP contribution in [0.25, 0.3) is 0 Å². The summed E-state index contributed by atoms with van der Waals surface area (Å²) in [6.45, 7) is 4.41. The minimum Gasteiger partial charge on any atom is -0.756 e. The predicted octanol–water partition coefficient (Wildman–Crippen LogP) is 14.7. The van der Waals surface area contributed by atoms with Crippen LogP contribution in [0.2, 0.25) is 0 Å². The van der Waals surface area contributed by atoms with Crippen molar-refractivity contribution in [3.05, 3.63) is 146 Å². The second-order valence-corrected chi connectivity index (χ2v) is 19.2. The number of likely N-dealkylation sites (N-methyl/N-ethyl adjacent to an activating group) is 1. The van der Waals surface area contributed by atoms with Crippen LogP contribution in [0.3, 0.4) is 0 Å². The smallest absolute Gasteiger partial charge is 0.268 e. The Morgan fingerprint density at radius 3 is 1.36 bits per heavy atom. The number of nitrogens with one attached hydrogen (secondary N) is 1. The van der Waals surface area contributed by atoms with Crippen LogP contribution in [-0.4, -0.2) is 68.5 Å². The summed E-state index contributed by atoms with van der Waals surface area (Å²) in [6.07, 6.45) is 73.4. The number of hydrogen-bond donors (Lipinski definition) is 2. The van der Waals surface area contributed by atoms with Crippen molar-refractivity contribution >= 4 is 13.7 Å². The number of rotatable bonds is 44. The Hall–Kier alpha value is -3.62.